The van der Waals surface area contributed by atoms with Crippen molar-refractivity contribution in [2.45, 2.75) is 24.6 Å². The van der Waals surface area contributed by atoms with Crippen LogP contribution in [0, 0.1) is 0 Å². The van der Waals surface area contributed by atoms with E-state index in [4.69, 9.17) is 11.6 Å². The van der Waals surface area contributed by atoms with Crippen LogP contribution in [-0.2, 0) is 6.42 Å². The van der Waals surface area contributed by atoms with Gasteiger partial charge in [-0.25, -0.2) is 0 Å². The topological polar surface area (TPSA) is 12.9 Å². The first-order chi connectivity index (χ1) is 5.38. The van der Waals surface area contributed by atoms with E-state index in [0.29, 0.717) is 0 Å². The third-order valence-electron chi connectivity index (χ3n) is 2.13. The highest BCUT2D eigenvalue weighted by molar-refractivity contribution is 6.20. The smallest absolute Gasteiger partial charge is 0.0760 e. The van der Waals surface area contributed by atoms with Gasteiger partial charge in [0.15, 0.2) is 0 Å². The number of rotatable bonds is 0. The molecule has 0 aromatic carbocycles. The van der Waals surface area contributed by atoms with Gasteiger partial charge in [-0.05, 0) is 30.9 Å². The van der Waals surface area contributed by atoms with Crippen molar-refractivity contribution in [2.24, 2.45) is 0 Å². The highest BCUT2D eigenvalue weighted by atomic mass is 35.5. The number of nitrogens with zero attached hydrogens (tertiary/aromatic N) is 1. The van der Waals surface area contributed by atoms with Crippen molar-refractivity contribution in [3.63, 3.8) is 0 Å². The zero-order valence-corrected chi connectivity index (χ0v) is 8.24. The minimum Gasteiger partial charge on any atom is -0.259 e. The Bertz CT molecular complexity index is 262. The molecule has 0 fully saturated rings. The van der Waals surface area contributed by atoms with Crippen LogP contribution in [0.15, 0.2) is 18.3 Å². The Morgan fingerprint density at radius 3 is 3.08 bits per heavy atom. The third kappa shape index (κ3) is 1.73. The molecular formula is C9H11Cl2N. The molecule has 0 bridgehead atoms. The molecule has 0 N–H and O–H groups in total. The summed E-state index contributed by atoms with van der Waals surface area (Å²) in [5, 5.41) is 0.153. The highest BCUT2D eigenvalue weighted by Gasteiger charge is 2.17. The molecule has 1 unspecified atom stereocenters. The van der Waals surface area contributed by atoms with Gasteiger partial charge >= 0.3 is 0 Å². The van der Waals surface area contributed by atoms with E-state index in [9.17, 15) is 0 Å². The molecule has 12 heavy (non-hydrogen) atoms. The van der Waals surface area contributed by atoms with Crippen LogP contribution in [0.25, 0.3) is 0 Å². The highest BCUT2D eigenvalue weighted by Crippen LogP contribution is 2.32. The summed E-state index contributed by atoms with van der Waals surface area (Å²) < 4.78 is 0. The van der Waals surface area contributed by atoms with Crippen molar-refractivity contribution in [2.75, 3.05) is 0 Å². The van der Waals surface area contributed by atoms with E-state index in [1.807, 2.05) is 12.3 Å². The van der Waals surface area contributed by atoms with Crippen LogP contribution in [0.4, 0.5) is 0 Å². The fourth-order valence-corrected chi connectivity index (χ4v) is 1.90. The van der Waals surface area contributed by atoms with Gasteiger partial charge in [-0.2, -0.15) is 0 Å². The maximum Gasteiger partial charge on any atom is 0.0760 e. The van der Waals surface area contributed by atoms with Gasteiger partial charge in [0.05, 0.1) is 11.1 Å². The van der Waals surface area contributed by atoms with E-state index in [1.165, 1.54) is 12.0 Å². The van der Waals surface area contributed by atoms with Crippen molar-refractivity contribution < 1.29 is 0 Å². The Labute approximate surface area is 83.6 Å². The van der Waals surface area contributed by atoms with Gasteiger partial charge in [0.2, 0.25) is 0 Å². The lowest BCUT2D eigenvalue weighted by atomic mass is 9.96. The molecule has 2 rings (SSSR count). The van der Waals surface area contributed by atoms with Crippen molar-refractivity contribution >= 4 is 24.0 Å². The molecule has 1 aliphatic rings. The maximum atomic E-state index is 6.08. The van der Waals surface area contributed by atoms with Crippen LogP contribution in [0.5, 0.6) is 0 Å². The molecule has 0 saturated carbocycles. The molecule has 1 aromatic heterocycles. The quantitative estimate of drug-likeness (QED) is 0.591. The molecule has 1 aliphatic carbocycles. The second kappa shape index (κ2) is 4.11. The fraction of sp³-hybridized carbons (Fsp3) is 0.444. The van der Waals surface area contributed by atoms with Gasteiger partial charge in [0.1, 0.15) is 0 Å². The van der Waals surface area contributed by atoms with E-state index in [1.54, 1.807) is 0 Å². The van der Waals surface area contributed by atoms with Crippen molar-refractivity contribution in [3.8, 4) is 0 Å². The van der Waals surface area contributed by atoms with Crippen LogP contribution in [0.1, 0.15) is 29.5 Å². The first kappa shape index (κ1) is 9.82. The molecule has 1 heterocycles. The van der Waals surface area contributed by atoms with E-state index in [-0.39, 0.29) is 17.8 Å². The number of hydrogen-bond acceptors (Lipinski definition) is 1. The van der Waals surface area contributed by atoms with Crippen LogP contribution >= 0.6 is 24.0 Å². The summed E-state index contributed by atoms with van der Waals surface area (Å²) in [6.07, 6.45) is 5.24. The minimum absolute atomic E-state index is 0. The van der Waals surface area contributed by atoms with E-state index in [0.717, 1.165) is 18.5 Å². The average molecular weight is 204 g/mol. The average Bonchev–Trinajstić information content (AvgIpc) is 2.06. The van der Waals surface area contributed by atoms with Gasteiger partial charge in [-0.15, -0.1) is 24.0 Å². The lowest BCUT2D eigenvalue weighted by Gasteiger charge is -2.18. The summed E-state index contributed by atoms with van der Waals surface area (Å²) in [6.45, 7) is 0. The first-order valence-corrected chi connectivity index (χ1v) is 4.39. The Morgan fingerprint density at radius 2 is 2.33 bits per heavy atom. The van der Waals surface area contributed by atoms with Gasteiger partial charge in [0, 0.05) is 6.20 Å². The molecule has 3 heteroatoms. The van der Waals surface area contributed by atoms with Gasteiger partial charge in [-0.1, -0.05) is 6.07 Å². The minimum atomic E-state index is 0. The Morgan fingerprint density at radius 1 is 1.50 bits per heavy atom. The second-order valence-electron chi connectivity index (χ2n) is 2.91. The third-order valence-corrected chi connectivity index (χ3v) is 2.55. The van der Waals surface area contributed by atoms with Gasteiger partial charge in [-0.3, -0.25) is 4.98 Å². The standard InChI is InChI=1S/C9H10ClN.ClH/c10-8-5-1-3-7-4-2-6-11-9(7)8;/h2,4,6,8H,1,3,5H2;1H. The predicted molar refractivity (Wildman–Crippen MR) is 53.0 cm³/mol. The largest absolute Gasteiger partial charge is 0.259 e. The lowest BCUT2D eigenvalue weighted by molar-refractivity contribution is 0.649. The molecule has 1 nitrogen and oxygen atoms in total. The predicted octanol–water partition coefficient (Wildman–Crippen LogP) is 3.12. The normalized spacial score (nSPS) is 20.9. The summed E-state index contributed by atoms with van der Waals surface area (Å²) in [5.74, 6) is 0. The number of fused-ring (bicyclic) bond motifs is 1. The van der Waals surface area contributed by atoms with Crippen molar-refractivity contribution in [3.05, 3.63) is 29.6 Å². The van der Waals surface area contributed by atoms with E-state index >= 15 is 0 Å². The zero-order valence-electron chi connectivity index (χ0n) is 6.66. The summed E-state index contributed by atoms with van der Waals surface area (Å²) in [6, 6.07) is 4.10. The summed E-state index contributed by atoms with van der Waals surface area (Å²) in [7, 11) is 0. The molecule has 0 saturated heterocycles. The fourth-order valence-electron chi connectivity index (χ4n) is 1.55. The van der Waals surface area contributed by atoms with Crippen molar-refractivity contribution in [1.82, 2.24) is 4.98 Å². The summed E-state index contributed by atoms with van der Waals surface area (Å²) in [4.78, 5) is 4.27. The molecule has 0 aliphatic heterocycles. The summed E-state index contributed by atoms with van der Waals surface area (Å²) >= 11 is 6.08. The monoisotopic (exact) mass is 203 g/mol. The molecule has 66 valence electrons. The maximum absolute atomic E-state index is 6.08. The molecule has 0 spiro atoms. The Kier molecular flexibility index (Phi) is 3.36. The van der Waals surface area contributed by atoms with Crippen LogP contribution in [-0.4, -0.2) is 4.98 Å². The Balaban J connectivity index is 0.000000720. The number of aryl methyl sites for hydroxylation is 1. The molecule has 0 radical (unpaired) electrons. The van der Waals surface area contributed by atoms with Crippen LogP contribution in [0.3, 0.4) is 0 Å². The number of halogens is 2. The molecule has 0 amide bonds. The Hall–Kier alpha value is -0.270. The van der Waals surface area contributed by atoms with E-state index in [2.05, 4.69) is 11.1 Å². The van der Waals surface area contributed by atoms with Crippen molar-refractivity contribution in [1.29, 1.82) is 0 Å². The van der Waals surface area contributed by atoms with Gasteiger partial charge in [0.25, 0.3) is 0 Å². The number of alkyl halides is 1. The number of aromatic nitrogens is 1. The SMILES string of the molecule is Cl.ClC1CCCc2cccnc21. The van der Waals surface area contributed by atoms with E-state index < -0.39 is 0 Å². The number of pyridine rings is 1. The van der Waals surface area contributed by atoms with Crippen LogP contribution in [0.2, 0.25) is 0 Å². The molecule has 1 atom stereocenters. The zero-order chi connectivity index (χ0) is 7.68. The molecule has 1 aromatic rings. The lowest BCUT2D eigenvalue weighted by Crippen LogP contribution is -2.06. The first-order valence-electron chi connectivity index (χ1n) is 3.96. The van der Waals surface area contributed by atoms with Gasteiger partial charge < -0.3 is 0 Å². The number of hydrogen-bond donors (Lipinski definition) is 0. The molecular weight excluding hydrogens is 193 g/mol. The summed E-state index contributed by atoms with van der Waals surface area (Å²) in [5.41, 5.74) is 2.43. The second-order valence-corrected chi connectivity index (χ2v) is 3.43. The van der Waals surface area contributed by atoms with Crippen LogP contribution < -0.4 is 0 Å².